The molecule has 0 unspecified atom stereocenters. The number of nitrogens with two attached hydrogens (primary N) is 1. The van der Waals surface area contributed by atoms with Crippen molar-refractivity contribution in [2.45, 2.75) is 10.9 Å². The second-order valence-corrected chi connectivity index (χ2v) is 6.61. The van der Waals surface area contributed by atoms with Gasteiger partial charge in [0.05, 0.1) is 6.61 Å². The normalized spacial score (nSPS) is 13.1. The van der Waals surface area contributed by atoms with Gasteiger partial charge in [-0.3, -0.25) is 0 Å². The number of halogens is 1. The van der Waals surface area contributed by atoms with Crippen molar-refractivity contribution in [1.82, 2.24) is 0 Å². The average Bonchev–Trinajstić information content (AvgIpc) is 2.46. The topological polar surface area (TPSA) is 107 Å². The highest BCUT2D eigenvalue weighted by Gasteiger charge is 2.26. The molecule has 112 valence electrons. The minimum atomic E-state index is -4.32. The number of hydrogen-bond donors (Lipinski definition) is 2. The van der Waals surface area contributed by atoms with Crippen molar-refractivity contribution >= 4 is 42.8 Å². The largest absolute Gasteiger partial charge is 0.394 e. The molecular formula is C13H12BrNO5S. The molecular weight excluding hydrogens is 362 g/mol. The van der Waals surface area contributed by atoms with Crippen molar-refractivity contribution in [3.8, 4) is 0 Å². The van der Waals surface area contributed by atoms with Crippen molar-refractivity contribution in [3.05, 3.63) is 40.9 Å². The zero-order valence-electron chi connectivity index (χ0n) is 10.7. The first-order chi connectivity index (χ1) is 9.86. The molecule has 2 rings (SSSR count). The van der Waals surface area contributed by atoms with Crippen LogP contribution in [-0.2, 0) is 19.1 Å². The predicted octanol–water partition coefficient (Wildman–Crippen LogP) is 1.15. The third-order valence-corrected chi connectivity index (χ3v) is 4.76. The molecule has 0 aromatic heterocycles. The van der Waals surface area contributed by atoms with E-state index >= 15 is 0 Å². The Bertz CT molecular complexity index is 790. The van der Waals surface area contributed by atoms with Crippen molar-refractivity contribution in [1.29, 1.82) is 0 Å². The van der Waals surface area contributed by atoms with Crippen LogP contribution in [0.3, 0.4) is 0 Å². The molecule has 0 heterocycles. The zero-order chi connectivity index (χ0) is 15.6. The molecule has 0 aliphatic carbocycles. The first kappa shape index (κ1) is 15.9. The van der Waals surface area contributed by atoms with Gasteiger partial charge in [0, 0.05) is 9.86 Å². The van der Waals surface area contributed by atoms with Crippen LogP contribution in [0.2, 0.25) is 0 Å². The highest BCUT2D eigenvalue weighted by molar-refractivity contribution is 9.10. The SMILES string of the molecule is N[C@@H](CO)C(=O)OS(=O)(=O)c1ccc(Br)c2ccccc12. The Morgan fingerprint density at radius 2 is 1.86 bits per heavy atom. The fraction of sp³-hybridized carbons (Fsp3) is 0.154. The van der Waals surface area contributed by atoms with Crippen molar-refractivity contribution < 1.29 is 22.5 Å². The van der Waals surface area contributed by atoms with Gasteiger partial charge in [0.1, 0.15) is 10.9 Å². The highest BCUT2D eigenvalue weighted by atomic mass is 79.9. The zero-order valence-corrected chi connectivity index (χ0v) is 13.1. The Kier molecular flexibility index (Phi) is 4.62. The summed E-state index contributed by atoms with van der Waals surface area (Å²) in [7, 11) is -4.32. The monoisotopic (exact) mass is 373 g/mol. The van der Waals surface area contributed by atoms with Gasteiger partial charge in [0.15, 0.2) is 0 Å². The fourth-order valence-electron chi connectivity index (χ4n) is 1.74. The maximum atomic E-state index is 12.2. The van der Waals surface area contributed by atoms with Crippen LogP contribution >= 0.6 is 15.9 Å². The second kappa shape index (κ2) is 6.10. The summed E-state index contributed by atoms with van der Waals surface area (Å²) in [6.45, 7) is -0.699. The van der Waals surface area contributed by atoms with E-state index in [1.54, 1.807) is 30.3 Å². The molecule has 0 saturated carbocycles. The van der Waals surface area contributed by atoms with Crippen LogP contribution in [-0.4, -0.2) is 32.1 Å². The number of aliphatic hydroxyl groups excluding tert-OH is 1. The lowest BCUT2D eigenvalue weighted by Crippen LogP contribution is -2.36. The smallest absolute Gasteiger partial charge is 0.342 e. The van der Waals surface area contributed by atoms with E-state index in [2.05, 4.69) is 20.1 Å². The van der Waals surface area contributed by atoms with Gasteiger partial charge in [0.25, 0.3) is 0 Å². The van der Waals surface area contributed by atoms with Gasteiger partial charge in [-0.2, -0.15) is 8.42 Å². The molecule has 0 aliphatic heterocycles. The number of rotatable bonds is 4. The predicted molar refractivity (Wildman–Crippen MR) is 80.0 cm³/mol. The Morgan fingerprint density at radius 3 is 2.48 bits per heavy atom. The van der Waals surface area contributed by atoms with Gasteiger partial charge in [-0.15, -0.1) is 0 Å². The fourth-order valence-corrected chi connectivity index (χ4v) is 3.33. The number of benzene rings is 2. The van der Waals surface area contributed by atoms with Crippen molar-refractivity contribution in [2.75, 3.05) is 6.61 Å². The van der Waals surface area contributed by atoms with Crippen LogP contribution in [0.1, 0.15) is 0 Å². The molecule has 21 heavy (non-hydrogen) atoms. The first-order valence-corrected chi connectivity index (χ1v) is 8.09. The Labute approximate surface area is 129 Å². The summed E-state index contributed by atoms with van der Waals surface area (Å²) in [6, 6.07) is 8.26. The number of hydrogen-bond acceptors (Lipinski definition) is 6. The van der Waals surface area contributed by atoms with E-state index in [9.17, 15) is 13.2 Å². The van der Waals surface area contributed by atoms with Gasteiger partial charge in [-0.05, 0) is 17.5 Å². The average molecular weight is 374 g/mol. The van der Waals surface area contributed by atoms with Crippen molar-refractivity contribution in [2.24, 2.45) is 5.73 Å². The van der Waals surface area contributed by atoms with Crippen molar-refractivity contribution in [3.63, 3.8) is 0 Å². The summed E-state index contributed by atoms with van der Waals surface area (Å²) < 4.78 is 29.6. The number of fused-ring (bicyclic) bond motifs is 1. The second-order valence-electron chi connectivity index (χ2n) is 4.24. The van der Waals surface area contributed by atoms with E-state index in [1.807, 2.05) is 0 Å². The molecule has 2 aromatic carbocycles. The molecule has 0 amide bonds. The number of carbonyl (C=O) groups excluding carboxylic acids is 1. The number of aliphatic hydroxyl groups is 1. The van der Waals surface area contributed by atoms with Crippen LogP contribution in [0.15, 0.2) is 45.8 Å². The first-order valence-electron chi connectivity index (χ1n) is 5.89. The van der Waals surface area contributed by atoms with E-state index in [4.69, 9.17) is 10.8 Å². The van der Waals surface area contributed by atoms with E-state index in [1.165, 1.54) is 6.07 Å². The van der Waals surface area contributed by atoms with Gasteiger partial charge in [-0.1, -0.05) is 40.2 Å². The van der Waals surface area contributed by atoms with Gasteiger partial charge in [-0.25, -0.2) is 4.79 Å². The lowest BCUT2D eigenvalue weighted by molar-refractivity contribution is -0.136. The molecule has 0 spiro atoms. The third kappa shape index (κ3) is 3.24. The van der Waals surface area contributed by atoms with Gasteiger partial charge >= 0.3 is 16.1 Å². The molecule has 8 heteroatoms. The molecule has 0 aliphatic rings. The van der Waals surface area contributed by atoms with Crippen LogP contribution in [0.5, 0.6) is 0 Å². The molecule has 0 radical (unpaired) electrons. The molecule has 0 fully saturated rings. The van der Waals surface area contributed by atoms with Crippen LogP contribution in [0.25, 0.3) is 10.8 Å². The Hall–Kier alpha value is -1.48. The molecule has 3 N–H and O–H groups in total. The van der Waals surface area contributed by atoms with Crippen LogP contribution < -0.4 is 5.73 Å². The van der Waals surface area contributed by atoms with Crippen LogP contribution in [0, 0.1) is 0 Å². The Balaban J connectivity index is 2.51. The summed E-state index contributed by atoms with van der Waals surface area (Å²) >= 11 is 3.33. The van der Waals surface area contributed by atoms with E-state index in [-0.39, 0.29) is 4.90 Å². The van der Waals surface area contributed by atoms with Crippen LogP contribution in [0.4, 0.5) is 0 Å². The maximum Gasteiger partial charge on any atom is 0.342 e. The third-order valence-electron chi connectivity index (χ3n) is 2.79. The molecule has 0 bridgehead atoms. The molecule has 2 aromatic rings. The number of carbonyl (C=O) groups is 1. The minimum Gasteiger partial charge on any atom is -0.394 e. The molecule has 6 nitrogen and oxygen atoms in total. The minimum absolute atomic E-state index is 0.139. The standard InChI is InChI=1S/C13H12BrNO5S/c14-10-5-6-12(9-4-2-1-3-8(9)10)21(18,19)20-13(17)11(15)7-16/h1-6,11,16H,7,15H2/t11-/m0/s1. The highest BCUT2D eigenvalue weighted by Crippen LogP contribution is 2.30. The van der Waals surface area contributed by atoms with Gasteiger partial charge < -0.3 is 15.0 Å². The Morgan fingerprint density at radius 1 is 1.24 bits per heavy atom. The quantitative estimate of drug-likeness (QED) is 0.778. The lowest BCUT2D eigenvalue weighted by atomic mass is 10.1. The van der Waals surface area contributed by atoms with E-state index in [0.717, 1.165) is 4.47 Å². The van der Waals surface area contributed by atoms with E-state index in [0.29, 0.717) is 10.8 Å². The summed E-state index contributed by atoms with van der Waals surface area (Å²) in [5.41, 5.74) is 5.24. The summed E-state index contributed by atoms with van der Waals surface area (Å²) in [4.78, 5) is 11.3. The summed E-state index contributed by atoms with van der Waals surface area (Å²) in [5, 5.41) is 9.84. The molecule has 1 atom stereocenters. The molecule has 0 saturated heterocycles. The maximum absolute atomic E-state index is 12.2. The lowest BCUT2D eigenvalue weighted by Gasteiger charge is -2.11. The van der Waals surface area contributed by atoms with E-state index < -0.39 is 28.7 Å². The summed E-state index contributed by atoms with van der Waals surface area (Å²) in [5.74, 6) is -1.20. The summed E-state index contributed by atoms with van der Waals surface area (Å²) in [6.07, 6.45) is 0. The van der Waals surface area contributed by atoms with Gasteiger partial charge in [0.2, 0.25) is 0 Å².